The molecule has 0 bridgehead atoms. The SMILES string of the molecule is [CH2]C(C)(C)SCCC. The second-order valence-corrected chi connectivity index (χ2v) is 4.41. The molecule has 0 saturated heterocycles. The maximum Gasteiger partial charge on any atom is 0.0104 e. The molecular formula is C7H15S. The summed E-state index contributed by atoms with van der Waals surface area (Å²) in [5.74, 6) is 1.23. The number of hydrogen-bond acceptors (Lipinski definition) is 1. The molecule has 0 amide bonds. The fraction of sp³-hybridized carbons (Fsp3) is 0.857. The van der Waals surface area contributed by atoms with E-state index >= 15 is 0 Å². The number of thioether (sulfide) groups is 1. The first-order chi connectivity index (χ1) is 3.56. The van der Waals surface area contributed by atoms with Crippen LogP contribution in [0.3, 0.4) is 0 Å². The molecule has 1 heteroatoms. The summed E-state index contributed by atoms with van der Waals surface area (Å²) in [5, 5.41) is 0. The molecular weight excluding hydrogens is 116 g/mol. The summed E-state index contributed by atoms with van der Waals surface area (Å²) >= 11 is 1.92. The Morgan fingerprint density at radius 2 is 2.00 bits per heavy atom. The maximum absolute atomic E-state index is 3.97. The van der Waals surface area contributed by atoms with Crippen molar-refractivity contribution in [1.82, 2.24) is 0 Å². The van der Waals surface area contributed by atoms with Crippen LogP contribution in [-0.2, 0) is 0 Å². The van der Waals surface area contributed by atoms with Gasteiger partial charge in [0.15, 0.2) is 0 Å². The quantitative estimate of drug-likeness (QED) is 0.567. The molecule has 0 N–H and O–H groups in total. The molecule has 0 atom stereocenters. The minimum atomic E-state index is 0.218. The topological polar surface area (TPSA) is 0 Å². The monoisotopic (exact) mass is 131 g/mol. The Morgan fingerprint density at radius 3 is 2.12 bits per heavy atom. The smallest absolute Gasteiger partial charge is 0.0104 e. The molecule has 0 rings (SSSR count). The molecule has 0 aromatic carbocycles. The van der Waals surface area contributed by atoms with E-state index in [-0.39, 0.29) is 4.75 Å². The van der Waals surface area contributed by atoms with Gasteiger partial charge in [0.2, 0.25) is 0 Å². The van der Waals surface area contributed by atoms with Crippen LogP contribution < -0.4 is 0 Å². The van der Waals surface area contributed by atoms with Crippen molar-refractivity contribution >= 4 is 11.8 Å². The molecule has 0 aromatic heterocycles. The molecule has 0 fully saturated rings. The molecule has 0 aromatic rings. The highest BCUT2D eigenvalue weighted by molar-refractivity contribution is 8.00. The zero-order chi connectivity index (χ0) is 6.62. The Hall–Kier alpha value is 0.350. The third kappa shape index (κ3) is 6.35. The van der Waals surface area contributed by atoms with E-state index in [0.29, 0.717) is 0 Å². The third-order valence-electron chi connectivity index (χ3n) is 0.697. The molecule has 0 aliphatic rings. The minimum absolute atomic E-state index is 0.218. The van der Waals surface area contributed by atoms with Crippen molar-refractivity contribution in [2.24, 2.45) is 0 Å². The first-order valence-corrected chi connectivity index (χ1v) is 4.04. The zero-order valence-corrected chi connectivity index (χ0v) is 6.85. The van der Waals surface area contributed by atoms with Gasteiger partial charge < -0.3 is 0 Å². The summed E-state index contributed by atoms with van der Waals surface area (Å²) in [6, 6.07) is 0. The van der Waals surface area contributed by atoms with E-state index in [0.717, 1.165) is 0 Å². The van der Waals surface area contributed by atoms with Gasteiger partial charge in [-0.1, -0.05) is 20.8 Å². The van der Waals surface area contributed by atoms with Crippen molar-refractivity contribution in [3.63, 3.8) is 0 Å². The third-order valence-corrected chi connectivity index (χ3v) is 2.09. The Labute approximate surface area is 57.1 Å². The largest absolute Gasteiger partial charge is 0.156 e. The molecule has 8 heavy (non-hydrogen) atoms. The van der Waals surface area contributed by atoms with Crippen molar-refractivity contribution in [2.45, 2.75) is 31.9 Å². The molecule has 49 valence electrons. The van der Waals surface area contributed by atoms with Crippen LogP contribution in [0.25, 0.3) is 0 Å². The maximum atomic E-state index is 3.97. The van der Waals surface area contributed by atoms with Crippen LogP contribution >= 0.6 is 11.8 Å². The average Bonchev–Trinajstić information content (AvgIpc) is 1.59. The van der Waals surface area contributed by atoms with Gasteiger partial charge in [0.25, 0.3) is 0 Å². The van der Waals surface area contributed by atoms with Gasteiger partial charge in [0.1, 0.15) is 0 Å². The van der Waals surface area contributed by atoms with Gasteiger partial charge >= 0.3 is 0 Å². The highest BCUT2D eigenvalue weighted by Gasteiger charge is 2.08. The van der Waals surface area contributed by atoms with Gasteiger partial charge in [-0.05, 0) is 19.1 Å². The fourth-order valence-corrected chi connectivity index (χ4v) is 1.14. The first-order valence-electron chi connectivity index (χ1n) is 3.05. The Kier molecular flexibility index (Phi) is 3.54. The van der Waals surface area contributed by atoms with Gasteiger partial charge in [-0.25, -0.2) is 0 Å². The molecule has 0 spiro atoms. The predicted molar refractivity (Wildman–Crippen MR) is 42.2 cm³/mol. The van der Waals surface area contributed by atoms with Crippen LogP contribution in [0.4, 0.5) is 0 Å². The second-order valence-electron chi connectivity index (χ2n) is 2.61. The number of hydrogen-bond donors (Lipinski definition) is 0. The Balaban J connectivity index is 3.11. The van der Waals surface area contributed by atoms with Gasteiger partial charge in [-0.2, -0.15) is 11.8 Å². The van der Waals surface area contributed by atoms with E-state index in [1.54, 1.807) is 0 Å². The molecule has 0 saturated carbocycles. The Morgan fingerprint density at radius 1 is 1.50 bits per heavy atom. The lowest BCUT2D eigenvalue weighted by Gasteiger charge is -2.15. The molecule has 0 heterocycles. The van der Waals surface area contributed by atoms with E-state index in [1.807, 2.05) is 11.8 Å². The van der Waals surface area contributed by atoms with E-state index in [1.165, 1.54) is 12.2 Å². The lowest BCUT2D eigenvalue weighted by Crippen LogP contribution is -2.08. The van der Waals surface area contributed by atoms with Crippen LogP contribution in [0.15, 0.2) is 0 Å². The Bertz CT molecular complexity index is 51.9. The van der Waals surface area contributed by atoms with Crippen LogP contribution in [0, 0.1) is 6.92 Å². The minimum Gasteiger partial charge on any atom is -0.156 e. The van der Waals surface area contributed by atoms with E-state index in [2.05, 4.69) is 27.7 Å². The van der Waals surface area contributed by atoms with E-state index in [4.69, 9.17) is 0 Å². The summed E-state index contributed by atoms with van der Waals surface area (Å²) in [6.45, 7) is 10.5. The fourth-order valence-electron chi connectivity index (χ4n) is 0.378. The predicted octanol–water partition coefficient (Wildman–Crippen LogP) is 2.74. The molecule has 0 aliphatic heterocycles. The van der Waals surface area contributed by atoms with Crippen molar-refractivity contribution in [1.29, 1.82) is 0 Å². The van der Waals surface area contributed by atoms with Crippen LogP contribution in [0.5, 0.6) is 0 Å². The summed E-state index contributed by atoms with van der Waals surface area (Å²) in [4.78, 5) is 0. The molecule has 0 aliphatic carbocycles. The zero-order valence-electron chi connectivity index (χ0n) is 6.03. The normalized spacial score (nSPS) is 12.0. The van der Waals surface area contributed by atoms with Gasteiger partial charge in [-0.3, -0.25) is 0 Å². The van der Waals surface area contributed by atoms with Crippen LogP contribution in [-0.4, -0.2) is 10.5 Å². The van der Waals surface area contributed by atoms with Gasteiger partial charge in [0, 0.05) is 4.75 Å². The summed E-state index contributed by atoms with van der Waals surface area (Å²) in [7, 11) is 0. The standard InChI is InChI=1S/C7H15S/c1-5-6-8-7(2,3)4/h2,5-6H2,1,3-4H3. The van der Waals surface area contributed by atoms with Crippen molar-refractivity contribution < 1.29 is 0 Å². The van der Waals surface area contributed by atoms with Gasteiger partial charge in [0.05, 0.1) is 0 Å². The molecule has 0 unspecified atom stereocenters. The lowest BCUT2D eigenvalue weighted by atomic mass is 10.3. The number of rotatable bonds is 3. The van der Waals surface area contributed by atoms with Crippen LogP contribution in [0.1, 0.15) is 27.2 Å². The van der Waals surface area contributed by atoms with Crippen molar-refractivity contribution in [3.8, 4) is 0 Å². The van der Waals surface area contributed by atoms with Crippen LogP contribution in [0.2, 0.25) is 0 Å². The molecule has 0 nitrogen and oxygen atoms in total. The summed E-state index contributed by atoms with van der Waals surface area (Å²) in [6.07, 6.45) is 1.25. The van der Waals surface area contributed by atoms with Crippen molar-refractivity contribution in [2.75, 3.05) is 5.75 Å². The highest BCUT2D eigenvalue weighted by Crippen LogP contribution is 2.22. The lowest BCUT2D eigenvalue weighted by molar-refractivity contribution is 0.889. The molecule has 1 radical (unpaired) electrons. The first kappa shape index (κ1) is 8.35. The van der Waals surface area contributed by atoms with Gasteiger partial charge in [-0.15, -0.1) is 0 Å². The van der Waals surface area contributed by atoms with Crippen molar-refractivity contribution in [3.05, 3.63) is 6.92 Å². The van der Waals surface area contributed by atoms with E-state index in [9.17, 15) is 0 Å². The summed E-state index contributed by atoms with van der Waals surface area (Å²) < 4.78 is 0.218. The van der Waals surface area contributed by atoms with E-state index < -0.39 is 0 Å². The highest BCUT2D eigenvalue weighted by atomic mass is 32.2. The second kappa shape index (κ2) is 3.39. The average molecular weight is 131 g/mol. The summed E-state index contributed by atoms with van der Waals surface area (Å²) in [5.41, 5.74) is 0.